The normalized spacial score (nSPS) is 14.8. The van der Waals surface area contributed by atoms with Gasteiger partial charge in [0, 0.05) is 63.3 Å². The van der Waals surface area contributed by atoms with E-state index in [0.29, 0.717) is 25.3 Å². The third-order valence-electron chi connectivity index (χ3n) is 5.50. The van der Waals surface area contributed by atoms with Crippen LogP contribution in [0.1, 0.15) is 19.8 Å². The summed E-state index contributed by atoms with van der Waals surface area (Å²) in [6.45, 7) is 4.47. The van der Waals surface area contributed by atoms with E-state index in [1.54, 1.807) is 24.5 Å². The van der Waals surface area contributed by atoms with Gasteiger partial charge in [-0.1, -0.05) is 6.08 Å². The van der Waals surface area contributed by atoms with E-state index >= 15 is 0 Å². The van der Waals surface area contributed by atoms with Crippen LogP contribution in [-0.2, 0) is 4.79 Å². The molecule has 0 unspecified atom stereocenters. The summed E-state index contributed by atoms with van der Waals surface area (Å²) in [4.78, 5) is 36.0. The lowest BCUT2D eigenvalue weighted by Crippen LogP contribution is -2.47. The van der Waals surface area contributed by atoms with Crippen molar-refractivity contribution in [2.45, 2.75) is 25.8 Å². The zero-order valence-corrected chi connectivity index (χ0v) is 17.6. The maximum Gasteiger partial charge on any atom is 0.271 e. The van der Waals surface area contributed by atoms with Gasteiger partial charge in [-0.05, 0) is 43.5 Å². The molecular weight excluding hydrogens is 380 g/mol. The van der Waals surface area contributed by atoms with Gasteiger partial charge in [0.25, 0.3) is 5.56 Å². The Hall–Kier alpha value is -3.13. The van der Waals surface area contributed by atoms with Gasteiger partial charge in [-0.15, -0.1) is 0 Å². The Morgan fingerprint density at radius 3 is 2.80 bits per heavy atom. The molecule has 3 rings (SSSR count). The molecule has 4 N–H and O–H groups in total. The van der Waals surface area contributed by atoms with E-state index in [9.17, 15) is 9.59 Å². The van der Waals surface area contributed by atoms with E-state index in [4.69, 9.17) is 5.73 Å². The number of nitrogens with zero attached hydrogens (tertiary/aromatic N) is 3. The molecule has 0 spiro atoms. The zero-order valence-electron chi connectivity index (χ0n) is 17.6. The number of likely N-dealkylation sites (tertiary alicyclic amines) is 1. The number of nitrogens with two attached hydrogens (primary N) is 1. The molecule has 1 amide bonds. The van der Waals surface area contributed by atoms with Gasteiger partial charge < -0.3 is 25.8 Å². The Labute approximate surface area is 176 Å². The summed E-state index contributed by atoms with van der Waals surface area (Å²) >= 11 is 0. The van der Waals surface area contributed by atoms with Crippen LogP contribution in [0, 0.1) is 0 Å². The third kappa shape index (κ3) is 4.88. The Morgan fingerprint density at radius 1 is 1.37 bits per heavy atom. The van der Waals surface area contributed by atoms with Crippen LogP contribution in [0.3, 0.4) is 0 Å². The lowest BCUT2D eigenvalue weighted by Gasteiger charge is -2.38. The number of nitrogens with one attached hydrogen (secondary N) is 2. The molecule has 0 radical (unpaired) electrons. The van der Waals surface area contributed by atoms with Gasteiger partial charge in [0.1, 0.15) is 11.5 Å². The number of pyridine rings is 2. The molecule has 30 heavy (non-hydrogen) atoms. The van der Waals surface area contributed by atoms with E-state index < -0.39 is 0 Å². The minimum absolute atomic E-state index is 0.000169. The number of carbonyl (C=O) groups excluding carboxylic acids is 1. The van der Waals surface area contributed by atoms with Gasteiger partial charge in [-0.2, -0.15) is 0 Å². The molecule has 160 valence electrons. The molecule has 2 aromatic heterocycles. The minimum Gasteiger partial charge on any atom is -0.373 e. The second kappa shape index (κ2) is 10.1. The number of amides is 1. The Balaban J connectivity index is 1.79. The van der Waals surface area contributed by atoms with Crippen molar-refractivity contribution in [1.82, 2.24) is 14.9 Å². The summed E-state index contributed by atoms with van der Waals surface area (Å²) in [5, 5.41) is 3.04. The van der Waals surface area contributed by atoms with Crippen LogP contribution in [0.2, 0.25) is 0 Å². The third-order valence-corrected chi connectivity index (χ3v) is 5.50. The van der Waals surface area contributed by atoms with Gasteiger partial charge in [0.2, 0.25) is 5.91 Å². The standard InChI is InChI=1S/C22H30N6O2/c1-3-28(18-7-11-27(12-8-18)21(29)5-4-9-23)19-13-17(15-26-22(19)30)16-6-10-25-20(14-16)24-2/h4-6,10,13-15,18H,3,7-9,11-12,23H2,1-2H3,(H,24,25)(H,26,30)/b5-4+. The first-order valence-corrected chi connectivity index (χ1v) is 10.4. The Bertz CT molecular complexity index is 947. The predicted molar refractivity (Wildman–Crippen MR) is 121 cm³/mol. The first-order chi connectivity index (χ1) is 14.6. The highest BCUT2D eigenvalue weighted by atomic mass is 16.2. The lowest BCUT2D eigenvalue weighted by atomic mass is 10.0. The van der Waals surface area contributed by atoms with Crippen LogP contribution in [0.15, 0.2) is 47.5 Å². The average molecular weight is 411 g/mol. The summed E-state index contributed by atoms with van der Waals surface area (Å²) in [5.74, 6) is 0.771. The highest BCUT2D eigenvalue weighted by Gasteiger charge is 2.27. The van der Waals surface area contributed by atoms with Gasteiger partial charge in [-0.25, -0.2) is 4.98 Å². The van der Waals surface area contributed by atoms with Gasteiger partial charge in [0.05, 0.1) is 0 Å². The fraction of sp³-hybridized carbons (Fsp3) is 0.409. The van der Waals surface area contributed by atoms with Crippen molar-refractivity contribution in [3.05, 3.63) is 53.1 Å². The maximum atomic E-state index is 12.7. The lowest BCUT2D eigenvalue weighted by molar-refractivity contribution is -0.127. The Morgan fingerprint density at radius 2 is 2.13 bits per heavy atom. The second-order valence-electron chi connectivity index (χ2n) is 7.26. The molecule has 0 aliphatic carbocycles. The molecule has 0 aromatic carbocycles. The van der Waals surface area contributed by atoms with Gasteiger partial charge in [0.15, 0.2) is 0 Å². The number of piperidine rings is 1. The summed E-state index contributed by atoms with van der Waals surface area (Å²) in [6.07, 6.45) is 8.34. The topological polar surface area (TPSA) is 107 Å². The Kier molecular flexibility index (Phi) is 7.24. The number of H-pyrrole nitrogens is 1. The summed E-state index contributed by atoms with van der Waals surface area (Å²) in [7, 11) is 1.83. The molecule has 1 aliphatic rings. The molecule has 1 fully saturated rings. The van der Waals surface area contributed by atoms with Crippen molar-refractivity contribution in [3.8, 4) is 11.1 Å². The summed E-state index contributed by atoms with van der Waals surface area (Å²) in [5.41, 5.74) is 7.90. The fourth-order valence-electron chi connectivity index (χ4n) is 3.90. The molecule has 1 saturated heterocycles. The molecule has 8 nitrogen and oxygen atoms in total. The molecular formula is C22H30N6O2. The van der Waals surface area contributed by atoms with Crippen LogP contribution < -0.4 is 21.5 Å². The number of rotatable bonds is 7. The molecule has 1 aliphatic heterocycles. The number of aromatic nitrogens is 2. The average Bonchev–Trinajstić information content (AvgIpc) is 2.79. The number of anilines is 2. The predicted octanol–water partition coefficient (Wildman–Crippen LogP) is 1.81. The zero-order chi connectivity index (χ0) is 21.5. The first kappa shape index (κ1) is 21.6. The van der Waals surface area contributed by atoms with E-state index in [-0.39, 0.29) is 17.5 Å². The number of carbonyl (C=O) groups is 1. The van der Waals surface area contributed by atoms with E-state index in [0.717, 1.165) is 36.3 Å². The number of aromatic amines is 1. The second-order valence-corrected chi connectivity index (χ2v) is 7.26. The summed E-state index contributed by atoms with van der Waals surface area (Å²) in [6, 6.07) is 6.03. The summed E-state index contributed by atoms with van der Waals surface area (Å²) < 4.78 is 0. The molecule has 3 heterocycles. The van der Waals surface area contributed by atoms with Crippen molar-refractivity contribution < 1.29 is 4.79 Å². The van der Waals surface area contributed by atoms with Crippen LogP contribution >= 0.6 is 0 Å². The van der Waals surface area contributed by atoms with Crippen molar-refractivity contribution >= 4 is 17.4 Å². The smallest absolute Gasteiger partial charge is 0.271 e. The van der Waals surface area contributed by atoms with E-state index in [1.165, 1.54) is 0 Å². The van der Waals surface area contributed by atoms with Crippen LogP contribution in [0.25, 0.3) is 11.1 Å². The minimum atomic E-state index is -0.104. The first-order valence-electron chi connectivity index (χ1n) is 10.4. The molecule has 0 bridgehead atoms. The van der Waals surface area contributed by atoms with E-state index in [2.05, 4.69) is 27.1 Å². The van der Waals surface area contributed by atoms with Crippen molar-refractivity contribution in [3.63, 3.8) is 0 Å². The fourth-order valence-corrected chi connectivity index (χ4v) is 3.90. The highest BCUT2D eigenvalue weighted by molar-refractivity contribution is 5.87. The van der Waals surface area contributed by atoms with Crippen LogP contribution in [-0.4, -0.2) is 60.0 Å². The van der Waals surface area contributed by atoms with Crippen molar-refractivity contribution in [1.29, 1.82) is 0 Å². The molecule has 0 atom stereocenters. The maximum absolute atomic E-state index is 12.7. The van der Waals surface area contributed by atoms with Gasteiger partial charge in [-0.3, -0.25) is 9.59 Å². The number of hydrogen-bond donors (Lipinski definition) is 3. The van der Waals surface area contributed by atoms with Crippen LogP contribution in [0.5, 0.6) is 0 Å². The highest BCUT2D eigenvalue weighted by Crippen LogP contribution is 2.26. The molecule has 0 saturated carbocycles. The largest absolute Gasteiger partial charge is 0.373 e. The van der Waals surface area contributed by atoms with Crippen LogP contribution in [0.4, 0.5) is 11.5 Å². The quantitative estimate of drug-likeness (QED) is 0.601. The van der Waals surface area contributed by atoms with Gasteiger partial charge >= 0.3 is 0 Å². The SMILES string of the molecule is CCN(c1cc(-c2ccnc(NC)c2)c[nH]c1=O)C1CCN(C(=O)/C=C/CN)CC1. The monoisotopic (exact) mass is 410 g/mol. The molecule has 2 aromatic rings. The van der Waals surface area contributed by atoms with E-state index in [1.807, 2.05) is 30.1 Å². The van der Waals surface area contributed by atoms with Crippen molar-refractivity contribution in [2.24, 2.45) is 5.73 Å². The number of hydrogen-bond acceptors (Lipinski definition) is 6. The van der Waals surface area contributed by atoms with Crippen molar-refractivity contribution in [2.75, 3.05) is 43.4 Å². The molecule has 8 heteroatoms.